The number of benzene rings is 1. The largest absolute Gasteiger partial charge is 0.341 e. The van der Waals surface area contributed by atoms with Crippen LogP contribution < -0.4 is 5.32 Å². The fraction of sp³-hybridized carbons (Fsp3) is 0.500. The summed E-state index contributed by atoms with van der Waals surface area (Å²) in [5, 5.41) is 14.0. The molecule has 0 unspecified atom stereocenters. The van der Waals surface area contributed by atoms with Crippen LogP contribution in [-0.4, -0.2) is 42.4 Å². The van der Waals surface area contributed by atoms with E-state index in [4.69, 9.17) is 0 Å². The number of amides is 1. The van der Waals surface area contributed by atoms with Crippen molar-refractivity contribution in [2.75, 3.05) is 26.7 Å². The van der Waals surface area contributed by atoms with E-state index in [0.29, 0.717) is 18.0 Å². The van der Waals surface area contributed by atoms with Crippen LogP contribution in [0.5, 0.6) is 0 Å². The topological polar surface area (TPSA) is 75.5 Å². The lowest BCUT2D eigenvalue weighted by Gasteiger charge is -2.27. The zero-order valence-electron chi connectivity index (χ0n) is 11.5. The number of nitrogens with zero attached hydrogens (tertiary/aromatic N) is 2. The molecule has 0 radical (unpaired) electrons. The zero-order chi connectivity index (χ0) is 14.5. The number of nitrogens with one attached hydrogen (secondary N) is 1. The van der Waals surface area contributed by atoms with Gasteiger partial charge in [-0.25, -0.2) is 0 Å². The van der Waals surface area contributed by atoms with Crippen LogP contribution in [-0.2, 0) is 0 Å². The molecule has 6 nitrogen and oxygen atoms in total. The average molecular weight is 277 g/mol. The first-order chi connectivity index (χ1) is 9.58. The Balaban J connectivity index is 2.02. The van der Waals surface area contributed by atoms with Crippen LogP contribution in [0.25, 0.3) is 0 Å². The Morgan fingerprint density at radius 1 is 1.45 bits per heavy atom. The second-order valence-electron chi connectivity index (χ2n) is 5.19. The van der Waals surface area contributed by atoms with Crippen LogP contribution in [0, 0.1) is 16.0 Å². The van der Waals surface area contributed by atoms with Crippen molar-refractivity contribution in [3.63, 3.8) is 0 Å². The van der Waals surface area contributed by atoms with Gasteiger partial charge in [-0.1, -0.05) is 6.07 Å². The van der Waals surface area contributed by atoms with Gasteiger partial charge in [0.25, 0.3) is 11.6 Å². The number of nitro groups is 1. The van der Waals surface area contributed by atoms with E-state index in [1.54, 1.807) is 24.1 Å². The lowest BCUT2D eigenvalue weighted by atomic mass is 9.97. The highest BCUT2D eigenvalue weighted by Crippen LogP contribution is 2.17. The van der Waals surface area contributed by atoms with E-state index in [0.717, 1.165) is 25.9 Å². The third kappa shape index (κ3) is 3.54. The third-order valence-electron chi connectivity index (χ3n) is 3.64. The van der Waals surface area contributed by atoms with Crippen LogP contribution in [0.15, 0.2) is 24.3 Å². The second kappa shape index (κ2) is 6.47. The molecule has 0 bridgehead atoms. The molecule has 1 aromatic carbocycles. The van der Waals surface area contributed by atoms with E-state index in [2.05, 4.69) is 5.32 Å². The number of hydrogen-bond donors (Lipinski definition) is 1. The predicted octanol–water partition coefficient (Wildman–Crippen LogP) is 1.67. The summed E-state index contributed by atoms with van der Waals surface area (Å²) in [4.78, 5) is 24.2. The van der Waals surface area contributed by atoms with Gasteiger partial charge in [0.05, 0.1) is 4.92 Å². The molecule has 1 saturated heterocycles. The number of hydrogen-bond acceptors (Lipinski definition) is 4. The Morgan fingerprint density at radius 2 is 2.15 bits per heavy atom. The summed E-state index contributed by atoms with van der Waals surface area (Å²) in [6, 6.07) is 5.89. The van der Waals surface area contributed by atoms with Gasteiger partial charge in [0, 0.05) is 31.3 Å². The first kappa shape index (κ1) is 14.5. The molecule has 0 spiro atoms. The van der Waals surface area contributed by atoms with E-state index in [-0.39, 0.29) is 11.6 Å². The average Bonchev–Trinajstić information content (AvgIpc) is 2.47. The maximum Gasteiger partial charge on any atom is 0.270 e. The molecule has 1 heterocycles. The van der Waals surface area contributed by atoms with Gasteiger partial charge in [0.2, 0.25) is 0 Å². The Kier molecular flexibility index (Phi) is 4.68. The number of piperidine rings is 1. The van der Waals surface area contributed by atoms with Gasteiger partial charge in [-0.3, -0.25) is 14.9 Å². The molecule has 0 atom stereocenters. The monoisotopic (exact) mass is 277 g/mol. The number of non-ortho nitro benzene ring substituents is 1. The van der Waals surface area contributed by atoms with E-state index >= 15 is 0 Å². The molecule has 0 aromatic heterocycles. The minimum absolute atomic E-state index is 0.0499. The molecule has 2 rings (SSSR count). The van der Waals surface area contributed by atoms with Gasteiger partial charge in [0.1, 0.15) is 0 Å². The van der Waals surface area contributed by atoms with Crippen molar-refractivity contribution >= 4 is 11.6 Å². The molecule has 1 fully saturated rings. The lowest BCUT2D eigenvalue weighted by Crippen LogP contribution is -2.37. The number of carbonyl (C=O) groups excluding carboxylic acids is 1. The van der Waals surface area contributed by atoms with Gasteiger partial charge in [-0.15, -0.1) is 0 Å². The molecular weight excluding hydrogens is 258 g/mol. The highest BCUT2D eigenvalue weighted by atomic mass is 16.6. The molecule has 1 aromatic rings. The fourth-order valence-corrected chi connectivity index (χ4v) is 2.51. The summed E-state index contributed by atoms with van der Waals surface area (Å²) >= 11 is 0. The standard InChI is InChI=1S/C14H19N3O3/c1-16(10-11-5-7-15-8-6-11)14(18)12-3-2-4-13(9-12)17(19)20/h2-4,9,11,15H,5-8,10H2,1H3. The van der Waals surface area contributed by atoms with Crippen LogP contribution >= 0.6 is 0 Å². The van der Waals surface area contributed by atoms with Crippen molar-refractivity contribution in [1.29, 1.82) is 0 Å². The van der Waals surface area contributed by atoms with E-state index in [1.165, 1.54) is 12.1 Å². The SMILES string of the molecule is CN(CC1CCNCC1)C(=O)c1cccc([N+](=O)[O-])c1. The highest BCUT2D eigenvalue weighted by molar-refractivity contribution is 5.94. The Hall–Kier alpha value is -1.95. The molecule has 0 aliphatic carbocycles. The number of nitro benzene ring substituents is 1. The minimum atomic E-state index is -0.483. The molecular formula is C14H19N3O3. The normalized spacial score (nSPS) is 15.8. The molecule has 1 N–H and O–H groups in total. The summed E-state index contributed by atoms with van der Waals surface area (Å²) in [5.41, 5.74) is 0.321. The van der Waals surface area contributed by atoms with Crippen molar-refractivity contribution in [1.82, 2.24) is 10.2 Å². The summed E-state index contributed by atoms with van der Waals surface area (Å²) in [6.07, 6.45) is 2.12. The first-order valence-corrected chi connectivity index (χ1v) is 6.78. The summed E-state index contributed by atoms with van der Waals surface area (Å²) in [6.45, 7) is 2.68. The Morgan fingerprint density at radius 3 is 2.80 bits per heavy atom. The summed E-state index contributed by atoms with van der Waals surface area (Å²) in [5.74, 6) is 0.344. The number of carbonyl (C=O) groups is 1. The molecule has 1 aliphatic heterocycles. The molecule has 1 aliphatic rings. The van der Waals surface area contributed by atoms with Gasteiger partial charge < -0.3 is 10.2 Å². The third-order valence-corrected chi connectivity index (χ3v) is 3.64. The highest BCUT2D eigenvalue weighted by Gasteiger charge is 2.20. The van der Waals surface area contributed by atoms with E-state index in [1.807, 2.05) is 0 Å². The summed E-state index contributed by atoms with van der Waals surface area (Å²) < 4.78 is 0. The molecule has 6 heteroatoms. The predicted molar refractivity (Wildman–Crippen MR) is 75.7 cm³/mol. The van der Waals surface area contributed by atoms with Crippen molar-refractivity contribution in [3.8, 4) is 0 Å². The van der Waals surface area contributed by atoms with Crippen LogP contribution in [0.1, 0.15) is 23.2 Å². The smallest absolute Gasteiger partial charge is 0.270 e. The second-order valence-corrected chi connectivity index (χ2v) is 5.19. The van der Waals surface area contributed by atoms with Gasteiger partial charge in [0.15, 0.2) is 0 Å². The molecule has 0 saturated carbocycles. The molecule has 20 heavy (non-hydrogen) atoms. The fourth-order valence-electron chi connectivity index (χ4n) is 2.51. The van der Waals surface area contributed by atoms with Crippen molar-refractivity contribution in [2.45, 2.75) is 12.8 Å². The van der Waals surface area contributed by atoms with Crippen molar-refractivity contribution in [3.05, 3.63) is 39.9 Å². The van der Waals surface area contributed by atoms with E-state index < -0.39 is 4.92 Å². The first-order valence-electron chi connectivity index (χ1n) is 6.78. The summed E-state index contributed by atoms with van der Waals surface area (Å²) in [7, 11) is 1.75. The zero-order valence-corrected chi connectivity index (χ0v) is 11.5. The van der Waals surface area contributed by atoms with Crippen molar-refractivity contribution < 1.29 is 9.72 Å². The van der Waals surface area contributed by atoms with Gasteiger partial charge >= 0.3 is 0 Å². The quantitative estimate of drug-likeness (QED) is 0.671. The van der Waals surface area contributed by atoms with Crippen LogP contribution in [0.3, 0.4) is 0 Å². The lowest BCUT2D eigenvalue weighted by molar-refractivity contribution is -0.384. The Labute approximate surface area is 117 Å². The number of rotatable bonds is 4. The van der Waals surface area contributed by atoms with Gasteiger partial charge in [-0.05, 0) is 37.9 Å². The van der Waals surface area contributed by atoms with Crippen LogP contribution in [0.2, 0.25) is 0 Å². The molecule has 1 amide bonds. The minimum Gasteiger partial charge on any atom is -0.341 e. The van der Waals surface area contributed by atoms with Crippen molar-refractivity contribution in [2.24, 2.45) is 5.92 Å². The Bertz CT molecular complexity index is 498. The maximum atomic E-state index is 12.3. The van der Waals surface area contributed by atoms with Crippen LogP contribution in [0.4, 0.5) is 5.69 Å². The maximum absolute atomic E-state index is 12.3. The molecule has 108 valence electrons. The van der Waals surface area contributed by atoms with E-state index in [9.17, 15) is 14.9 Å². The van der Waals surface area contributed by atoms with Gasteiger partial charge in [-0.2, -0.15) is 0 Å².